The van der Waals surface area contributed by atoms with Crippen molar-refractivity contribution in [3.63, 3.8) is 0 Å². The van der Waals surface area contributed by atoms with Gasteiger partial charge in [0.1, 0.15) is 17.1 Å². The number of ether oxygens (including phenoxy) is 2. The minimum Gasteiger partial charge on any atom is -0.493 e. The molecule has 1 aromatic carbocycles. The molecular formula is C12H16FNO3. The van der Waals surface area contributed by atoms with Crippen molar-refractivity contribution < 1.29 is 18.7 Å². The Morgan fingerprint density at radius 1 is 1.41 bits per heavy atom. The van der Waals surface area contributed by atoms with E-state index in [1.54, 1.807) is 0 Å². The smallest absolute Gasteiger partial charge is 0.341 e. The van der Waals surface area contributed by atoms with Crippen LogP contribution in [0.5, 0.6) is 5.75 Å². The maximum absolute atomic E-state index is 13.0. The van der Waals surface area contributed by atoms with E-state index in [1.807, 2.05) is 0 Å². The van der Waals surface area contributed by atoms with Gasteiger partial charge in [0.05, 0.1) is 13.7 Å². The van der Waals surface area contributed by atoms with Gasteiger partial charge in [-0.1, -0.05) is 0 Å². The third kappa shape index (κ3) is 4.03. The summed E-state index contributed by atoms with van der Waals surface area (Å²) < 4.78 is 23.0. The second kappa shape index (κ2) is 6.85. The fraction of sp³-hybridized carbons (Fsp3) is 0.417. The molecule has 0 saturated heterocycles. The highest BCUT2D eigenvalue weighted by atomic mass is 19.1. The Balaban J connectivity index is 2.72. The molecule has 0 atom stereocenters. The zero-order valence-electron chi connectivity index (χ0n) is 9.74. The summed E-state index contributed by atoms with van der Waals surface area (Å²) in [5.41, 5.74) is 5.45. The Labute approximate surface area is 99.5 Å². The van der Waals surface area contributed by atoms with Crippen LogP contribution in [0, 0.1) is 5.82 Å². The van der Waals surface area contributed by atoms with E-state index in [0.717, 1.165) is 18.9 Å². The molecule has 0 saturated carbocycles. The van der Waals surface area contributed by atoms with Gasteiger partial charge in [-0.3, -0.25) is 0 Å². The van der Waals surface area contributed by atoms with E-state index in [1.165, 1.54) is 19.2 Å². The van der Waals surface area contributed by atoms with Gasteiger partial charge in [-0.15, -0.1) is 0 Å². The maximum atomic E-state index is 13.0. The van der Waals surface area contributed by atoms with Gasteiger partial charge in [-0.25, -0.2) is 9.18 Å². The van der Waals surface area contributed by atoms with Gasteiger partial charge in [0.15, 0.2) is 0 Å². The lowest BCUT2D eigenvalue weighted by Gasteiger charge is -2.09. The maximum Gasteiger partial charge on any atom is 0.341 e. The van der Waals surface area contributed by atoms with Crippen LogP contribution in [0.15, 0.2) is 18.2 Å². The minimum atomic E-state index is -0.613. The normalized spacial score (nSPS) is 10.1. The summed E-state index contributed by atoms with van der Waals surface area (Å²) in [5.74, 6) is -0.784. The van der Waals surface area contributed by atoms with Crippen LogP contribution in [0.4, 0.5) is 4.39 Å². The highest BCUT2D eigenvalue weighted by Crippen LogP contribution is 2.20. The van der Waals surface area contributed by atoms with Gasteiger partial charge in [-0.2, -0.15) is 0 Å². The number of halogens is 1. The van der Waals surface area contributed by atoms with Crippen molar-refractivity contribution in [2.45, 2.75) is 12.8 Å². The van der Waals surface area contributed by atoms with Crippen LogP contribution in [0.25, 0.3) is 0 Å². The molecule has 0 aliphatic rings. The number of rotatable bonds is 6. The first-order chi connectivity index (χ1) is 8.19. The topological polar surface area (TPSA) is 61.5 Å². The van der Waals surface area contributed by atoms with Gasteiger partial charge in [0.2, 0.25) is 0 Å². The third-order valence-electron chi connectivity index (χ3n) is 2.20. The molecule has 0 fully saturated rings. The van der Waals surface area contributed by atoms with Crippen molar-refractivity contribution in [3.05, 3.63) is 29.6 Å². The third-order valence-corrected chi connectivity index (χ3v) is 2.20. The van der Waals surface area contributed by atoms with Crippen LogP contribution in [-0.2, 0) is 4.74 Å². The minimum absolute atomic E-state index is 0.0975. The highest BCUT2D eigenvalue weighted by Gasteiger charge is 2.14. The number of benzene rings is 1. The van der Waals surface area contributed by atoms with Gasteiger partial charge in [0, 0.05) is 0 Å². The van der Waals surface area contributed by atoms with Crippen molar-refractivity contribution in [1.82, 2.24) is 0 Å². The molecule has 0 aliphatic heterocycles. The standard InChI is InChI=1S/C12H16FNO3/c1-16-12(15)10-8-9(13)4-5-11(10)17-7-3-2-6-14/h4-5,8H,2-3,6-7,14H2,1H3. The summed E-state index contributed by atoms with van der Waals surface area (Å²) in [6, 6.07) is 3.76. The molecule has 4 nitrogen and oxygen atoms in total. The van der Waals surface area contributed by atoms with Crippen molar-refractivity contribution in [3.8, 4) is 5.75 Å². The number of methoxy groups -OCH3 is 1. The van der Waals surface area contributed by atoms with Crippen molar-refractivity contribution >= 4 is 5.97 Å². The Bertz CT molecular complexity index is 382. The van der Waals surface area contributed by atoms with Crippen molar-refractivity contribution in [1.29, 1.82) is 0 Å². The first-order valence-electron chi connectivity index (χ1n) is 5.39. The van der Waals surface area contributed by atoms with Gasteiger partial charge >= 0.3 is 5.97 Å². The lowest BCUT2D eigenvalue weighted by molar-refractivity contribution is 0.0595. The van der Waals surface area contributed by atoms with E-state index in [-0.39, 0.29) is 5.56 Å². The molecular weight excluding hydrogens is 225 g/mol. The second-order valence-electron chi connectivity index (χ2n) is 3.48. The second-order valence-corrected chi connectivity index (χ2v) is 3.48. The largest absolute Gasteiger partial charge is 0.493 e. The van der Waals surface area contributed by atoms with E-state index in [4.69, 9.17) is 10.5 Å². The predicted octanol–water partition coefficient (Wildman–Crippen LogP) is 1.73. The van der Waals surface area contributed by atoms with E-state index in [0.29, 0.717) is 18.9 Å². The highest BCUT2D eigenvalue weighted by molar-refractivity contribution is 5.92. The molecule has 0 bridgehead atoms. The Morgan fingerprint density at radius 3 is 2.82 bits per heavy atom. The monoisotopic (exact) mass is 241 g/mol. The van der Waals surface area contributed by atoms with Crippen LogP contribution in [0.3, 0.4) is 0 Å². The quantitative estimate of drug-likeness (QED) is 0.608. The van der Waals surface area contributed by atoms with Crippen LogP contribution in [0.2, 0.25) is 0 Å². The van der Waals surface area contributed by atoms with Crippen molar-refractivity contribution in [2.24, 2.45) is 5.73 Å². The molecule has 0 aliphatic carbocycles. The first-order valence-corrected chi connectivity index (χ1v) is 5.39. The van der Waals surface area contributed by atoms with Crippen LogP contribution in [0.1, 0.15) is 23.2 Å². The van der Waals surface area contributed by atoms with Crippen molar-refractivity contribution in [2.75, 3.05) is 20.3 Å². The summed E-state index contributed by atoms with van der Waals surface area (Å²) in [4.78, 5) is 11.4. The number of carbonyl (C=O) groups is 1. The zero-order chi connectivity index (χ0) is 12.7. The lowest BCUT2D eigenvalue weighted by atomic mass is 10.2. The summed E-state index contributed by atoms with van der Waals surface area (Å²) in [7, 11) is 1.24. The van der Waals surface area contributed by atoms with E-state index >= 15 is 0 Å². The summed E-state index contributed by atoms with van der Waals surface area (Å²) in [6.07, 6.45) is 1.63. The molecule has 17 heavy (non-hydrogen) atoms. The summed E-state index contributed by atoms with van der Waals surface area (Å²) in [6.45, 7) is 1.03. The fourth-order valence-corrected chi connectivity index (χ4v) is 1.33. The van der Waals surface area contributed by atoms with Gasteiger partial charge in [-0.05, 0) is 37.6 Å². The van der Waals surface area contributed by atoms with E-state index < -0.39 is 11.8 Å². The number of esters is 1. The molecule has 2 N–H and O–H groups in total. The molecule has 1 aromatic rings. The Hall–Kier alpha value is -1.62. The molecule has 0 aromatic heterocycles. The molecule has 0 heterocycles. The first kappa shape index (κ1) is 13.4. The van der Waals surface area contributed by atoms with Crippen LogP contribution in [-0.4, -0.2) is 26.2 Å². The molecule has 0 amide bonds. The number of hydrogen-bond acceptors (Lipinski definition) is 4. The number of nitrogens with two attached hydrogens (primary N) is 1. The van der Waals surface area contributed by atoms with Gasteiger partial charge < -0.3 is 15.2 Å². The predicted molar refractivity (Wildman–Crippen MR) is 61.5 cm³/mol. The Morgan fingerprint density at radius 2 is 2.18 bits per heavy atom. The number of carbonyl (C=O) groups excluding carboxylic acids is 1. The Kier molecular flexibility index (Phi) is 5.42. The molecule has 5 heteroatoms. The average molecular weight is 241 g/mol. The summed E-state index contributed by atoms with van der Waals surface area (Å²) >= 11 is 0. The molecule has 94 valence electrons. The SMILES string of the molecule is COC(=O)c1cc(F)ccc1OCCCCN. The molecule has 0 unspecified atom stereocenters. The lowest BCUT2D eigenvalue weighted by Crippen LogP contribution is -2.08. The number of unbranched alkanes of at least 4 members (excludes halogenated alkanes) is 1. The number of hydrogen-bond donors (Lipinski definition) is 1. The fourth-order valence-electron chi connectivity index (χ4n) is 1.33. The molecule has 0 spiro atoms. The van der Waals surface area contributed by atoms with Gasteiger partial charge in [0.25, 0.3) is 0 Å². The average Bonchev–Trinajstić information content (AvgIpc) is 2.35. The molecule has 0 radical (unpaired) electrons. The molecule has 1 rings (SSSR count). The van der Waals surface area contributed by atoms with E-state index in [2.05, 4.69) is 4.74 Å². The van der Waals surface area contributed by atoms with Crippen LogP contribution >= 0.6 is 0 Å². The summed E-state index contributed by atoms with van der Waals surface area (Å²) in [5, 5.41) is 0. The van der Waals surface area contributed by atoms with E-state index in [9.17, 15) is 9.18 Å². The zero-order valence-corrected chi connectivity index (χ0v) is 9.74. The van der Waals surface area contributed by atoms with Crippen LogP contribution < -0.4 is 10.5 Å².